The van der Waals surface area contributed by atoms with Crippen molar-refractivity contribution in [2.75, 3.05) is 37.0 Å². The third kappa shape index (κ3) is 5.05. The highest BCUT2D eigenvalue weighted by Crippen LogP contribution is 2.50. The molecule has 2 saturated heterocycles. The van der Waals surface area contributed by atoms with E-state index in [4.69, 9.17) is 19.2 Å². The number of ether oxygens (including phenoxy) is 3. The Balaban J connectivity index is 1.87. The van der Waals surface area contributed by atoms with Gasteiger partial charge in [0.1, 0.15) is 23.6 Å². The highest BCUT2D eigenvalue weighted by atomic mass is 16.6. The molecule has 0 saturated carbocycles. The number of nitrogens with one attached hydrogen (secondary N) is 1. The minimum Gasteiger partial charge on any atom is -0.373 e. The normalized spacial score (nSPS) is 26.0. The summed E-state index contributed by atoms with van der Waals surface area (Å²) in [4.78, 5) is 40.5. The summed E-state index contributed by atoms with van der Waals surface area (Å²) in [5, 5.41) is 0. The first-order valence-corrected chi connectivity index (χ1v) is 12.2. The summed E-state index contributed by atoms with van der Waals surface area (Å²) in [6.45, 7) is 14.3. The van der Waals surface area contributed by atoms with Gasteiger partial charge in [0.05, 0.1) is 24.4 Å². The predicted octanol–water partition coefficient (Wildman–Crippen LogP) is 1.86. The summed E-state index contributed by atoms with van der Waals surface area (Å²) in [5.74, 6) is 1.26. The molecule has 4 atom stereocenters. The van der Waals surface area contributed by atoms with Crippen molar-refractivity contribution in [3.63, 3.8) is 0 Å². The van der Waals surface area contributed by atoms with Crippen molar-refractivity contribution in [2.45, 2.75) is 83.6 Å². The molecule has 0 aliphatic carbocycles. The quantitative estimate of drug-likeness (QED) is 0.632. The topological polar surface area (TPSA) is 115 Å². The molecule has 0 unspecified atom stereocenters. The Morgan fingerprint density at radius 2 is 1.89 bits per heavy atom. The van der Waals surface area contributed by atoms with E-state index in [-0.39, 0.29) is 6.61 Å². The minimum atomic E-state index is -0.886. The number of anilines is 2. The molecule has 0 spiro atoms. The van der Waals surface area contributed by atoms with E-state index in [1.54, 1.807) is 19.3 Å². The molecule has 0 aromatic carbocycles. The van der Waals surface area contributed by atoms with Crippen molar-refractivity contribution in [3.8, 4) is 0 Å². The van der Waals surface area contributed by atoms with Crippen LogP contribution < -0.4 is 21.0 Å². The average molecular weight is 503 g/mol. The van der Waals surface area contributed by atoms with Gasteiger partial charge in [0, 0.05) is 32.1 Å². The zero-order chi connectivity index (χ0) is 26.6. The number of rotatable bonds is 6. The molecule has 1 N–H and O–H groups in total. The van der Waals surface area contributed by atoms with Gasteiger partial charge in [-0.05, 0) is 54.5 Å². The lowest BCUT2D eigenvalue weighted by Gasteiger charge is -2.39. The predicted molar refractivity (Wildman–Crippen MR) is 137 cm³/mol. The van der Waals surface area contributed by atoms with E-state index in [2.05, 4.69) is 14.9 Å². The molecule has 2 bridgehead atoms. The van der Waals surface area contributed by atoms with Crippen LogP contribution in [0.25, 0.3) is 0 Å². The number of aromatic nitrogens is 4. The fourth-order valence-electron chi connectivity index (χ4n) is 4.68. The van der Waals surface area contributed by atoms with Crippen molar-refractivity contribution in [1.29, 1.82) is 0 Å². The molecule has 0 amide bonds. The zero-order valence-electron chi connectivity index (χ0n) is 22.7. The number of aromatic amines is 1. The number of hydrogen-bond donors (Lipinski definition) is 1. The van der Waals surface area contributed by atoms with Crippen LogP contribution in [0.3, 0.4) is 0 Å². The lowest BCUT2D eigenvalue weighted by Crippen LogP contribution is -2.52. The smallest absolute Gasteiger partial charge is 0.330 e. The molecular weight excluding hydrogens is 464 g/mol. The van der Waals surface area contributed by atoms with Crippen LogP contribution in [0.15, 0.2) is 28.0 Å². The van der Waals surface area contributed by atoms with Crippen LogP contribution in [0.2, 0.25) is 0 Å². The van der Waals surface area contributed by atoms with Crippen LogP contribution in [0.4, 0.5) is 11.8 Å². The van der Waals surface area contributed by atoms with E-state index in [1.165, 1.54) is 4.57 Å². The number of fused-ring (bicyclic) bond motifs is 2. The maximum atomic E-state index is 13.0. The number of hydrogen-bond acceptors (Lipinski definition) is 9. The zero-order valence-corrected chi connectivity index (χ0v) is 22.7. The second kappa shape index (κ2) is 8.97. The summed E-state index contributed by atoms with van der Waals surface area (Å²) < 4.78 is 21.0. The highest BCUT2D eigenvalue weighted by Gasteiger charge is 2.66. The van der Waals surface area contributed by atoms with E-state index in [1.807, 2.05) is 66.6 Å². The molecule has 4 heterocycles. The molecule has 36 heavy (non-hydrogen) atoms. The molecule has 2 fully saturated rings. The Labute approximate surface area is 211 Å². The summed E-state index contributed by atoms with van der Waals surface area (Å²) in [5.41, 5.74) is -2.34. The number of aryl methyl sites for hydroxylation is 1. The van der Waals surface area contributed by atoms with Crippen LogP contribution in [-0.4, -0.2) is 75.7 Å². The fourth-order valence-corrected chi connectivity index (χ4v) is 4.68. The van der Waals surface area contributed by atoms with Gasteiger partial charge in [-0.3, -0.25) is 14.3 Å². The van der Waals surface area contributed by atoms with Crippen LogP contribution >= 0.6 is 0 Å². The van der Waals surface area contributed by atoms with Gasteiger partial charge in [-0.15, -0.1) is 0 Å². The number of H-pyrrole nitrogens is 1. The molecule has 2 aliphatic heterocycles. The molecule has 2 aromatic heterocycles. The molecule has 11 nitrogen and oxygen atoms in total. The van der Waals surface area contributed by atoms with Gasteiger partial charge in [-0.2, -0.15) is 4.98 Å². The maximum absolute atomic E-state index is 13.0. The van der Waals surface area contributed by atoms with Crippen molar-refractivity contribution < 1.29 is 14.2 Å². The lowest BCUT2D eigenvalue weighted by molar-refractivity contribution is -0.183. The van der Waals surface area contributed by atoms with Crippen molar-refractivity contribution in [3.05, 3.63) is 44.9 Å². The third-order valence-corrected chi connectivity index (χ3v) is 6.25. The Kier molecular flexibility index (Phi) is 6.55. The van der Waals surface area contributed by atoms with Crippen molar-refractivity contribution >= 4 is 11.8 Å². The Hall–Kier alpha value is -2.76. The van der Waals surface area contributed by atoms with Gasteiger partial charge in [-0.25, -0.2) is 9.78 Å². The van der Waals surface area contributed by atoms with Crippen LogP contribution in [0.5, 0.6) is 0 Å². The van der Waals surface area contributed by atoms with Gasteiger partial charge >= 0.3 is 5.69 Å². The molecular formula is C25H38N6O5. The van der Waals surface area contributed by atoms with Gasteiger partial charge < -0.3 is 24.0 Å². The highest BCUT2D eigenvalue weighted by molar-refractivity contribution is 5.49. The molecule has 11 heteroatoms. The summed E-state index contributed by atoms with van der Waals surface area (Å²) in [6.07, 6.45) is 2.08. The molecule has 2 aromatic rings. The Bertz CT molecular complexity index is 1230. The van der Waals surface area contributed by atoms with Gasteiger partial charge in [0.25, 0.3) is 5.56 Å². The minimum absolute atomic E-state index is 0.253. The lowest BCUT2D eigenvalue weighted by atomic mass is 9.98. The van der Waals surface area contributed by atoms with E-state index in [0.29, 0.717) is 23.9 Å². The first-order chi connectivity index (χ1) is 16.6. The summed E-state index contributed by atoms with van der Waals surface area (Å²) in [6, 6.07) is 1.43. The monoisotopic (exact) mass is 502 g/mol. The van der Waals surface area contributed by atoms with Crippen molar-refractivity contribution in [2.24, 2.45) is 0 Å². The SMILES string of the molecule is Cc1cn([C@@H]2O[C@@]3(COC(C)(C)C)CN(c4ccnc(N(C)C)n4)[C@@H]2[C@@H]3OC(C)(C)C)c(=O)[nH]c1=O. The van der Waals surface area contributed by atoms with E-state index in [9.17, 15) is 9.59 Å². The van der Waals surface area contributed by atoms with E-state index >= 15 is 0 Å². The van der Waals surface area contributed by atoms with Crippen LogP contribution in [0.1, 0.15) is 53.3 Å². The second-order valence-corrected chi connectivity index (χ2v) is 11.8. The Morgan fingerprint density at radius 1 is 1.19 bits per heavy atom. The first kappa shape index (κ1) is 26.3. The van der Waals surface area contributed by atoms with Crippen LogP contribution in [-0.2, 0) is 14.2 Å². The second-order valence-electron chi connectivity index (χ2n) is 11.8. The fraction of sp³-hybridized carbons (Fsp3) is 0.680. The van der Waals surface area contributed by atoms with E-state index in [0.717, 1.165) is 0 Å². The largest absolute Gasteiger partial charge is 0.373 e. The summed E-state index contributed by atoms with van der Waals surface area (Å²) in [7, 11) is 3.77. The van der Waals surface area contributed by atoms with Gasteiger partial charge in [0.15, 0.2) is 6.23 Å². The molecule has 4 rings (SSSR count). The van der Waals surface area contributed by atoms with Crippen molar-refractivity contribution in [1.82, 2.24) is 19.5 Å². The standard InChI is InChI=1S/C25H38N6O5/c1-15-12-30(22(33)28-19(15)32)20-17-18(35-24(5,6)7)25(36-20,14-34-23(2,3)4)13-31(17)16-10-11-26-21(27-16)29(8)9/h10-12,17-18,20H,13-14H2,1-9H3,(H,28,32,33)/t17-,18+,20-,25-/m1/s1. The van der Waals surface area contributed by atoms with Gasteiger partial charge in [0.2, 0.25) is 5.95 Å². The molecule has 0 radical (unpaired) electrons. The number of nitrogens with zero attached hydrogens (tertiary/aromatic N) is 5. The molecule has 198 valence electrons. The average Bonchev–Trinajstić information content (AvgIpc) is 3.22. The number of morpholine rings is 1. The third-order valence-electron chi connectivity index (χ3n) is 6.25. The first-order valence-electron chi connectivity index (χ1n) is 12.2. The van der Waals surface area contributed by atoms with E-state index < -0.39 is 46.4 Å². The van der Waals surface area contributed by atoms with Crippen LogP contribution in [0, 0.1) is 6.92 Å². The molecule has 2 aliphatic rings. The summed E-state index contributed by atoms with van der Waals surface area (Å²) >= 11 is 0. The van der Waals surface area contributed by atoms with Gasteiger partial charge in [-0.1, -0.05) is 0 Å². The maximum Gasteiger partial charge on any atom is 0.330 e. The Morgan fingerprint density at radius 3 is 2.50 bits per heavy atom.